The summed E-state index contributed by atoms with van der Waals surface area (Å²) in [5.74, 6) is 0.589. The highest BCUT2D eigenvalue weighted by Crippen LogP contribution is 2.42. The molecule has 0 aromatic heterocycles. The van der Waals surface area contributed by atoms with Gasteiger partial charge in [0.25, 0.3) is 0 Å². The topological polar surface area (TPSA) is 9.23 Å². The summed E-state index contributed by atoms with van der Waals surface area (Å²) in [5, 5.41) is 0.653. The van der Waals surface area contributed by atoms with Gasteiger partial charge in [0.15, 0.2) is 0 Å². The molecule has 0 fully saturated rings. The third kappa shape index (κ3) is 2.37. The minimum absolute atomic E-state index is 0.240. The maximum absolute atomic E-state index is 13.9. The molecule has 0 spiro atoms. The lowest BCUT2D eigenvalue weighted by atomic mass is 10.0. The summed E-state index contributed by atoms with van der Waals surface area (Å²) in [5.41, 5.74) is 2.55. The Labute approximate surface area is 124 Å². The van der Waals surface area contributed by atoms with Crippen molar-refractivity contribution < 1.29 is 9.13 Å². The molecule has 0 saturated heterocycles. The van der Waals surface area contributed by atoms with Crippen molar-refractivity contribution in [2.24, 2.45) is 0 Å². The van der Waals surface area contributed by atoms with Crippen molar-refractivity contribution in [3.8, 4) is 5.75 Å². The molecule has 0 bridgehead atoms. The molecule has 0 radical (unpaired) electrons. The monoisotopic (exact) mass is 340 g/mol. The number of hydrogen-bond donors (Lipinski definition) is 0. The van der Waals surface area contributed by atoms with Crippen LogP contribution in [0.5, 0.6) is 5.75 Å². The van der Waals surface area contributed by atoms with E-state index in [1.54, 1.807) is 12.1 Å². The molecule has 1 aliphatic heterocycles. The van der Waals surface area contributed by atoms with Crippen LogP contribution in [-0.4, -0.2) is 6.61 Å². The van der Waals surface area contributed by atoms with Crippen LogP contribution < -0.4 is 4.74 Å². The smallest absolute Gasteiger partial charge is 0.127 e. The maximum Gasteiger partial charge on any atom is 0.127 e. The summed E-state index contributed by atoms with van der Waals surface area (Å²) < 4.78 is 19.5. The molecule has 98 valence electrons. The summed E-state index contributed by atoms with van der Waals surface area (Å²) in [6, 6.07) is 10.5. The minimum atomic E-state index is -0.265. The Bertz CT molecular complexity index is 630. The fourth-order valence-corrected chi connectivity index (χ4v) is 3.30. The van der Waals surface area contributed by atoms with E-state index in [9.17, 15) is 4.39 Å². The van der Waals surface area contributed by atoms with Crippen LogP contribution in [0.4, 0.5) is 4.39 Å². The summed E-state index contributed by atoms with van der Waals surface area (Å²) in [7, 11) is 0. The van der Waals surface area contributed by atoms with E-state index in [4.69, 9.17) is 16.3 Å². The Hall–Kier alpha value is -1.06. The van der Waals surface area contributed by atoms with Gasteiger partial charge in [0, 0.05) is 22.6 Å². The standard InChI is InChI=1S/C15H11BrClFO/c16-14(11-3-1-2-4-13(11)18)12-8-10(17)7-9-5-6-19-15(9)12/h1-4,7-8,14H,5-6H2. The molecule has 19 heavy (non-hydrogen) atoms. The molecular formula is C15H11BrClFO. The summed E-state index contributed by atoms with van der Waals surface area (Å²) >= 11 is 9.68. The molecule has 0 N–H and O–H groups in total. The average molecular weight is 342 g/mol. The predicted molar refractivity (Wildman–Crippen MR) is 77.8 cm³/mol. The van der Waals surface area contributed by atoms with Crippen LogP contribution in [0, 0.1) is 5.82 Å². The number of hydrogen-bond acceptors (Lipinski definition) is 1. The lowest BCUT2D eigenvalue weighted by Gasteiger charge is -2.15. The highest BCUT2D eigenvalue weighted by molar-refractivity contribution is 9.09. The Balaban J connectivity index is 2.10. The molecule has 0 amide bonds. The second kappa shape index (κ2) is 5.14. The molecule has 2 aromatic rings. The Morgan fingerprint density at radius 3 is 2.79 bits per heavy atom. The van der Waals surface area contributed by atoms with E-state index in [-0.39, 0.29) is 10.6 Å². The van der Waals surface area contributed by atoms with E-state index in [2.05, 4.69) is 15.9 Å². The highest BCUT2D eigenvalue weighted by Gasteiger charge is 2.24. The van der Waals surface area contributed by atoms with Gasteiger partial charge in [-0.3, -0.25) is 0 Å². The van der Waals surface area contributed by atoms with Crippen LogP contribution in [0.1, 0.15) is 21.5 Å². The van der Waals surface area contributed by atoms with Gasteiger partial charge in [-0.1, -0.05) is 45.7 Å². The number of ether oxygens (including phenoxy) is 1. The van der Waals surface area contributed by atoms with Crippen LogP contribution in [0.2, 0.25) is 5.02 Å². The van der Waals surface area contributed by atoms with Crippen molar-refractivity contribution in [1.29, 1.82) is 0 Å². The first-order valence-electron chi connectivity index (χ1n) is 6.00. The molecular weight excluding hydrogens is 331 g/mol. The third-order valence-electron chi connectivity index (χ3n) is 3.23. The highest BCUT2D eigenvalue weighted by atomic mass is 79.9. The van der Waals surface area contributed by atoms with Crippen molar-refractivity contribution in [3.63, 3.8) is 0 Å². The molecule has 0 aliphatic carbocycles. The number of benzene rings is 2. The van der Waals surface area contributed by atoms with Crippen LogP contribution in [-0.2, 0) is 6.42 Å². The fourth-order valence-electron chi connectivity index (χ4n) is 2.33. The third-order valence-corrected chi connectivity index (χ3v) is 4.43. The first kappa shape index (κ1) is 12.9. The minimum Gasteiger partial charge on any atom is -0.493 e. The lowest BCUT2D eigenvalue weighted by Crippen LogP contribution is -1.99. The maximum atomic E-state index is 13.9. The molecule has 1 heterocycles. The van der Waals surface area contributed by atoms with Crippen LogP contribution in [0.3, 0.4) is 0 Å². The normalized spacial score (nSPS) is 14.9. The largest absolute Gasteiger partial charge is 0.493 e. The summed E-state index contributed by atoms with van der Waals surface area (Å²) in [6.07, 6.45) is 0.847. The van der Waals surface area contributed by atoms with E-state index < -0.39 is 0 Å². The van der Waals surface area contributed by atoms with Gasteiger partial charge in [0.05, 0.1) is 11.4 Å². The zero-order chi connectivity index (χ0) is 13.4. The predicted octanol–water partition coefficient (Wildman–Crippen LogP) is 4.90. The van der Waals surface area contributed by atoms with Gasteiger partial charge in [-0.05, 0) is 23.8 Å². The van der Waals surface area contributed by atoms with Crippen molar-refractivity contribution in [3.05, 3.63) is 63.9 Å². The van der Waals surface area contributed by atoms with Crippen LogP contribution in [0.25, 0.3) is 0 Å². The average Bonchev–Trinajstić information content (AvgIpc) is 2.85. The van der Waals surface area contributed by atoms with Gasteiger partial charge in [0.1, 0.15) is 11.6 Å². The van der Waals surface area contributed by atoms with Gasteiger partial charge < -0.3 is 4.74 Å². The van der Waals surface area contributed by atoms with Gasteiger partial charge in [0.2, 0.25) is 0 Å². The van der Waals surface area contributed by atoms with E-state index in [1.165, 1.54) is 6.07 Å². The number of rotatable bonds is 2. The van der Waals surface area contributed by atoms with E-state index in [0.29, 0.717) is 17.2 Å². The molecule has 0 saturated carbocycles. The number of alkyl halides is 1. The summed E-state index contributed by atoms with van der Waals surface area (Å²) in [4.78, 5) is -0.265. The van der Waals surface area contributed by atoms with Gasteiger partial charge in [-0.25, -0.2) is 4.39 Å². The molecule has 1 aliphatic rings. The number of halogens is 3. The van der Waals surface area contributed by atoms with E-state index in [0.717, 1.165) is 23.3 Å². The molecule has 1 nitrogen and oxygen atoms in total. The van der Waals surface area contributed by atoms with Crippen molar-refractivity contribution >= 4 is 27.5 Å². The van der Waals surface area contributed by atoms with E-state index >= 15 is 0 Å². The summed E-state index contributed by atoms with van der Waals surface area (Å²) in [6.45, 7) is 0.652. The number of fused-ring (bicyclic) bond motifs is 1. The lowest BCUT2D eigenvalue weighted by molar-refractivity contribution is 0.354. The van der Waals surface area contributed by atoms with Crippen LogP contribution >= 0.6 is 27.5 Å². The first-order chi connectivity index (χ1) is 9.16. The molecule has 3 rings (SSSR count). The zero-order valence-corrected chi connectivity index (χ0v) is 12.3. The zero-order valence-electron chi connectivity index (χ0n) is 10.00. The Morgan fingerprint density at radius 2 is 2.00 bits per heavy atom. The van der Waals surface area contributed by atoms with Crippen molar-refractivity contribution in [1.82, 2.24) is 0 Å². The second-order valence-corrected chi connectivity index (χ2v) is 5.82. The first-order valence-corrected chi connectivity index (χ1v) is 7.30. The van der Waals surface area contributed by atoms with Gasteiger partial charge in [-0.15, -0.1) is 0 Å². The molecule has 2 aromatic carbocycles. The SMILES string of the molecule is Fc1ccccc1C(Br)c1cc(Cl)cc2c1OCC2. The van der Waals surface area contributed by atoms with Crippen molar-refractivity contribution in [2.45, 2.75) is 11.2 Å². The van der Waals surface area contributed by atoms with Gasteiger partial charge >= 0.3 is 0 Å². The van der Waals surface area contributed by atoms with E-state index in [1.807, 2.05) is 18.2 Å². The fraction of sp³-hybridized carbons (Fsp3) is 0.200. The van der Waals surface area contributed by atoms with Gasteiger partial charge in [-0.2, -0.15) is 0 Å². The van der Waals surface area contributed by atoms with Crippen molar-refractivity contribution in [2.75, 3.05) is 6.61 Å². The molecule has 4 heteroatoms. The second-order valence-electron chi connectivity index (χ2n) is 4.47. The molecule has 1 atom stereocenters. The molecule has 1 unspecified atom stereocenters. The van der Waals surface area contributed by atoms with Crippen LogP contribution in [0.15, 0.2) is 36.4 Å². The Morgan fingerprint density at radius 1 is 1.21 bits per heavy atom. The quantitative estimate of drug-likeness (QED) is 0.706. The Kier molecular flexibility index (Phi) is 3.50.